The molecule has 0 aromatic carbocycles. The lowest BCUT2D eigenvalue weighted by Crippen LogP contribution is -2.27. The second kappa shape index (κ2) is 5.72. The van der Waals surface area contributed by atoms with E-state index in [1.54, 1.807) is 0 Å². The minimum absolute atomic E-state index is 0.829. The second-order valence-electron chi connectivity index (χ2n) is 4.17. The average molecular weight is 254 g/mol. The summed E-state index contributed by atoms with van der Waals surface area (Å²) in [6.45, 7) is 0. The van der Waals surface area contributed by atoms with E-state index in [0.717, 1.165) is 0 Å². The van der Waals surface area contributed by atoms with E-state index in [4.69, 9.17) is 0 Å². The second-order valence-corrected chi connectivity index (χ2v) is 11.6. The summed E-state index contributed by atoms with van der Waals surface area (Å²) >= 11 is 0. The van der Waals surface area contributed by atoms with E-state index in [-0.39, 0.29) is 0 Å². The molecule has 0 aromatic rings. The maximum atomic E-state index is 13.0. The summed E-state index contributed by atoms with van der Waals surface area (Å²) in [5.74, 6) is 0. The molecule has 0 saturated carbocycles. The fraction of sp³-hybridized carbons (Fsp3) is 1.00. The Morgan fingerprint density at radius 1 is 0.733 bits per heavy atom. The van der Waals surface area contributed by atoms with Crippen LogP contribution in [0.1, 0.15) is 0 Å². The smallest absolute Gasteiger partial charge is 0.264 e. The molecule has 5 nitrogen and oxygen atoms in total. The Kier molecular flexibility index (Phi) is 5.91. The molecule has 0 aromatic heterocycles. The molecular weight excluding hydrogens is 230 g/mol. The summed E-state index contributed by atoms with van der Waals surface area (Å²) in [5.41, 5.74) is 0. The van der Waals surface area contributed by atoms with Crippen molar-refractivity contribution >= 4 is 15.0 Å². The molecule has 0 aliphatic heterocycles. The summed E-state index contributed by atoms with van der Waals surface area (Å²) in [7, 11) is 12.1. The van der Waals surface area contributed by atoms with Gasteiger partial charge in [0.15, 0.2) is 0 Å². The van der Waals surface area contributed by atoms with Gasteiger partial charge in [-0.2, -0.15) is 0 Å². The number of nitrogens with zero attached hydrogens (tertiary/aromatic N) is 4. The van der Waals surface area contributed by atoms with Crippen LogP contribution < -0.4 is 0 Å². The van der Waals surface area contributed by atoms with Gasteiger partial charge >= 0.3 is 0 Å². The van der Waals surface area contributed by atoms with Gasteiger partial charge in [0.1, 0.15) is 7.91 Å². The Morgan fingerprint density at radius 3 is 1.07 bits per heavy atom. The maximum Gasteiger partial charge on any atom is 0.264 e. The lowest BCUT2D eigenvalue weighted by Gasteiger charge is -2.42. The Bertz CT molecular complexity index is 223. The van der Waals surface area contributed by atoms with E-state index in [1.165, 1.54) is 0 Å². The molecule has 0 aliphatic carbocycles. The van der Waals surface area contributed by atoms with E-state index in [2.05, 4.69) is 9.34 Å². The van der Waals surface area contributed by atoms with Gasteiger partial charge in [-0.15, -0.1) is 0 Å². The Morgan fingerprint density at radius 2 is 1.00 bits per heavy atom. The predicted octanol–water partition coefficient (Wildman–Crippen LogP) is 1.65. The first-order valence-corrected chi connectivity index (χ1v) is 8.33. The van der Waals surface area contributed by atoms with Crippen molar-refractivity contribution < 1.29 is 4.57 Å². The van der Waals surface area contributed by atoms with Crippen molar-refractivity contribution in [3.05, 3.63) is 0 Å². The Labute approximate surface area is 95.2 Å². The van der Waals surface area contributed by atoms with E-state index < -0.39 is 15.0 Å². The highest BCUT2D eigenvalue weighted by Gasteiger charge is 2.41. The van der Waals surface area contributed by atoms with Crippen LogP contribution in [-0.2, 0) is 4.57 Å². The van der Waals surface area contributed by atoms with Crippen LogP contribution in [0.3, 0.4) is 0 Å². The van der Waals surface area contributed by atoms with Gasteiger partial charge in [-0.3, -0.25) is 13.9 Å². The molecule has 0 amide bonds. The zero-order valence-corrected chi connectivity index (χ0v) is 12.9. The fourth-order valence-corrected chi connectivity index (χ4v) is 9.22. The summed E-state index contributed by atoms with van der Waals surface area (Å²) in [5, 5.41) is 0. The van der Waals surface area contributed by atoms with Crippen molar-refractivity contribution in [2.75, 3.05) is 56.4 Å². The molecule has 0 spiro atoms. The highest BCUT2D eigenvalue weighted by Crippen LogP contribution is 2.78. The van der Waals surface area contributed by atoms with Gasteiger partial charge in [0, 0.05) is 0 Å². The Hall–Kier alpha value is 0.500. The lowest BCUT2D eigenvalue weighted by atomic mass is 11.3. The third kappa shape index (κ3) is 3.23. The summed E-state index contributed by atoms with van der Waals surface area (Å²) in [6, 6.07) is 0. The van der Waals surface area contributed by atoms with Gasteiger partial charge < -0.3 is 0 Å². The fourth-order valence-electron chi connectivity index (χ4n) is 1.50. The van der Waals surface area contributed by atoms with Crippen LogP contribution in [0.4, 0.5) is 0 Å². The molecule has 0 N–H and O–H groups in total. The van der Waals surface area contributed by atoms with Gasteiger partial charge in [0.05, 0.1) is 0 Å². The van der Waals surface area contributed by atoms with Crippen LogP contribution in [0.25, 0.3) is 0 Å². The van der Waals surface area contributed by atoms with Gasteiger partial charge in [0.25, 0.3) is 7.13 Å². The minimum Gasteiger partial charge on any atom is -0.281 e. The Balaban J connectivity index is 5.30. The number of hydrogen-bond acceptors (Lipinski definition) is 3. The molecule has 0 atom stereocenters. The van der Waals surface area contributed by atoms with Crippen LogP contribution in [0.2, 0.25) is 0 Å². The molecule has 0 fully saturated rings. The van der Waals surface area contributed by atoms with Gasteiger partial charge in [-0.25, -0.2) is 9.34 Å². The number of hydrogen-bond donors (Lipinski definition) is 0. The normalized spacial score (nSPS) is 13.9. The van der Waals surface area contributed by atoms with E-state index in [0.29, 0.717) is 0 Å². The molecule has 15 heavy (non-hydrogen) atoms. The molecule has 0 aliphatic rings. The predicted molar refractivity (Wildman–Crippen MR) is 69.3 cm³/mol. The topological polar surface area (TPSA) is 30.0 Å². The van der Waals surface area contributed by atoms with Gasteiger partial charge in [-0.05, 0) is 56.4 Å². The van der Waals surface area contributed by atoms with Crippen LogP contribution in [0.5, 0.6) is 0 Å². The third-order valence-electron chi connectivity index (χ3n) is 1.99. The van der Waals surface area contributed by atoms with Crippen LogP contribution >= 0.6 is 15.0 Å². The number of rotatable bonds is 5. The summed E-state index contributed by atoms with van der Waals surface area (Å²) in [4.78, 5) is 0. The van der Waals surface area contributed by atoms with Crippen LogP contribution in [0.15, 0.2) is 0 Å². The first-order valence-electron chi connectivity index (χ1n) is 4.76. The molecular formula is C8H24N4OP2. The molecule has 92 valence electrons. The molecule has 0 rings (SSSR count). The lowest BCUT2D eigenvalue weighted by molar-refractivity contribution is 0.457. The van der Waals surface area contributed by atoms with Crippen molar-refractivity contribution in [2.24, 2.45) is 0 Å². The SMILES string of the molecule is CN(C)P(N(C)C)P(=O)(N(C)C)N(C)C. The van der Waals surface area contributed by atoms with Crippen LogP contribution in [-0.4, -0.2) is 75.1 Å². The zero-order chi connectivity index (χ0) is 12.4. The van der Waals surface area contributed by atoms with Crippen molar-refractivity contribution in [2.45, 2.75) is 0 Å². The molecule has 7 heteroatoms. The quantitative estimate of drug-likeness (QED) is 0.696. The minimum atomic E-state index is -2.50. The molecule has 0 bridgehead atoms. The van der Waals surface area contributed by atoms with Crippen LogP contribution in [0, 0.1) is 0 Å². The summed E-state index contributed by atoms with van der Waals surface area (Å²) in [6.07, 6.45) is 0. The first kappa shape index (κ1) is 15.5. The van der Waals surface area contributed by atoms with E-state index in [1.807, 2.05) is 65.7 Å². The van der Waals surface area contributed by atoms with Gasteiger partial charge in [0.2, 0.25) is 0 Å². The first-order chi connectivity index (χ1) is 6.65. The zero-order valence-electron chi connectivity index (χ0n) is 11.1. The molecule has 0 unspecified atom stereocenters. The monoisotopic (exact) mass is 254 g/mol. The molecule has 0 radical (unpaired) electrons. The van der Waals surface area contributed by atoms with Crippen molar-refractivity contribution in [3.8, 4) is 0 Å². The molecule has 0 heterocycles. The highest BCUT2D eigenvalue weighted by molar-refractivity contribution is 8.28. The van der Waals surface area contributed by atoms with Crippen molar-refractivity contribution in [1.82, 2.24) is 18.7 Å². The van der Waals surface area contributed by atoms with Gasteiger partial charge in [-0.1, -0.05) is 0 Å². The largest absolute Gasteiger partial charge is 0.281 e. The van der Waals surface area contributed by atoms with Crippen molar-refractivity contribution in [1.29, 1.82) is 0 Å². The summed E-state index contributed by atoms with van der Waals surface area (Å²) < 4.78 is 20.8. The highest BCUT2D eigenvalue weighted by atomic mass is 32.1. The standard InChI is InChI=1S/C8H24N4OP2/c1-9(2)14(10(3)4)15(13,11(5)6)12(7)8/h1-8H3. The van der Waals surface area contributed by atoms with Crippen molar-refractivity contribution in [3.63, 3.8) is 0 Å². The third-order valence-corrected chi connectivity index (χ3v) is 11.7. The van der Waals surface area contributed by atoms with E-state index >= 15 is 0 Å². The maximum absolute atomic E-state index is 13.0. The average Bonchev–Trinajstić information content (AvgIpc) is 2.01. The van der Waals surface area contributed by atoms with E-state index in [9.17, 15) is 4.57 Å². The molecule has 0 saturated heterocycles.